The van der Waals surface area contributed by atoms with Crippen molar-refractivity contribution in [3.8, 4) is 0 Å². The zero-order chi connectivity index (χ0) is 32.7. The summed E-state index contributed by atoms with van der Waals surface area (Å²) in [7, 11) is 3.08. The van der Waals surface area contributed by atoms with Gasteiger partial charge in [0, 0.05) is 20.5 Å². The lowest BCUT2D eigenvalue weighted by molar-refractivity contribution is -0.140. The Labute approximate surface area is 265 Å². The Balaban J connectivity index is 1.65. The minimum atomic E-state index is -1.04. The number of amides is 3. The van der Waals surface area contributed by atoms with E-state index in [4.69, 9.17) is 10.5 Å². The fourth-order valence-electron chi connectivity index (χ4n) is 5.11. The summed E-state index contributed by atoms with van der Waals surface area (Å²) in [5.41, 5.74) is 6.94. The molecule has 45 heavy (non-hydrogen) atoms. The molecule has 4 aromatic carbocycles. The van der Waals surface area contributed by atoms with E-state index in [1.807, 2.05) is 66.7 Å². The van der Waals surface area contributed by atoms with E-state index < -0.39 is 35.6 Å². The quantitative estimate of drug-likeness (QED) is 0.137. The number of hydrogen-bond acceptors (Lipinski definition) is 4. The molecule has 234 valence electrons. The molecule has 0 saturated heterocycles. The lowest BCUT2D eigenvalue weighted by atomic mass is 9.99. The van der Waals surface area contributed by atoms with Crippen LogP contribution in [-0.2, 0) is 27.2 Å². The summed E-state index contributed by atoms with van der Waals surface area (Å²) in [5.74, 6) is -0.901. The van der Waals surface area contributed by atoms with Gasteiger partial charge in [0.2, 0.25) is 5.91 Å². The summed E-state index contributed by atoms with van der Waals surface area (Å²) in [6, 6.07) is 26.2. The number of carbonyl (C=O) groups is 3. The normalized spacial score (nSPS) is 13.5. The van der Waals surface area contributed by atoms with E-state index in [1.165, 1.54) is 23.8 Å². The first-order chi connectivity index (χ1) is 21.3. The van der Waals surface area contributed by atoms with Gasteiger partial charge >= 0.3 is 6.09 Å². The molecule has 0 saturated carbocycles. The van der Waals surface area contributed by atoms with Crippen molar-refractivity contribution in [1.29, 1.82) is 0 Å². The van der Waals surface area contributed by atoms with E-state index in [1.54, 1.807) is 33.9 Å². The number of aliphatic imine (C=N–C) groups is 1. The molecule has 0 aliphatic rings. The molecule has 4 rings (SSSR count). The summed E-state index contributed by atoms with van der Waals surface area (Å²) >= 11 is 0. The zero-order valence-electron chi connectivity index (χ0n) is 26.9. The smallest absolute Gasteiger partial charge is 0.410 e. The van der Waals surface area contributed by atoms with Gasteiger partial charge < -0.3 is 15.4 Å². The van der Waals surface area contributed by atoms with Gasteiger partial charge in [-0.25, -0.2) is 4.79 Å². The molecule has 3 amide bonds. The van der Waals surface area contributed by atoms with Gasteiger partial charge in [0.05, 0.1) is 5.84 Å². The molecule has 0 fully saturated rings. The average molecular weight is 607 g/mol. The molecule has 0 aliphatic heterocycles. The summed E-state index contributed by atoms with van der Waals surface area (Å²) < 4.78 is 5.60. The van der Waals surface area contributed by atoms with E-state index in [-0.39, 0.29) is 12.3 Å². The minimum absolute atomic E-state index is 0.0991. The van der Waals surface area contributed by atoms with Gasteiger partial charge in [-0.05, 0) is 66.8 Å². The van der Waals surface area contributed by atoms with Crippen LogP contribution in [0.2, 0.25) is 0 Å². The van der Waals surface area contributed by atoms with Crippen LogP contribution in [0.15, 0.2) is 102 Å². The Morgan fingerprint density at radius 2 is 1.36 bits per heavy atom. The van der Waals surface area contributed by atoms with Gasteiger partial charge in [-0.2, -0.15) is 4.99 Å². The SMILES string of the molecule is CC(N)=NC(=O)[C@@H](Cc1ccc2ccccc2c1)N(C)C(=O)C(/C=C/Cc1ccc2ccccc2c1)N(C)C(=O)OC(C)(C)C. The molecule has 8 heteroatoms. The maximum absolute atomic E-state index is 14.2. The predicted molar refractivity (Wildman–Crippen MR) is 181 cm³/mol. The zero-order valence-corrected chi connectivity index (χ0v) is 26.9. The van der Waals surface area contributed by atoms with Crippen molar-refractivity contribution in [1.82, 2.24) is 9.80 Å². The first kappa shape index (κ1) is 32.9. The fraction of sp³-hybridized carbons (Fsp3) is 0.297. The van der Waals surface area contributed by atoms with E-state index in [0.717, 1.165) is 32.7 Å². The Bertz CT molecular complexity index is 1750. The second-order valence-corrected chi connectivity index (χ2v) is 12.3. The van der Waals surface area contributed by atoms with E-state index >= 15 is 0 Å². The number of allylic oxidation sites excluding steroid dienone is 1. The van der Waals surface area contributed by atoms with Crippen molar-refractivity contribution >= 4 is 45.3 Å². The highest BCUT2D eigenvalue weighted by molar-refractivity contribution is 5.98. The molecule has 0 heterocycles. The van der Waals surface area contributed by atoms with Gasteiger partial charge in [-0.15, -0.1) is 0 Å². The number of rotatable bonds is 9. The number of amidine groups is 1. The molecule has 2 N–H and O–H groups in total. The van der Waals surface area contributed by atoms with Crippen molar-refractivity contribution in [2.75, 3.05) is 14.1 Å². The van der Waals surface area contributed by atoms with Crippen LogP contribution in [0.25, 0.3) is 21.5 Å². The third-order valence-electron chi connectivity index (χ3n) is 7.47. The first-order valence-electron chi connectivity index (χ1n) is 15.0. The highest BCUT2D eigenvalue weighted by Crippen LogP contribution is 2.21. The van der Waals surface area contributed by atoms with Crippen LogP contribution in [0.1, 0.15) is 38.8 Å². The number of ether oxygens (including phenoxy) is 1. The van der Waals surface area contributed by atoms with E-state index in [9.17, 15) is 14.4 Å². The van der Waals surface area contributed by atoms with Gasteiger partial charge in [-0.3, -0.25) is 14.5 Å². The predicted octanol–water partition coefficient (Wildman–Crippen LogP) is 6.30. The summed E-state index contributed by atoms with van der Waals surface area (Å²) in [6.45, 7) is 6.83. The lowest BCUT2D eigenvalue weighted by Gasteiger charge is -2.33. The molecular formula is C37H42N4O4. The highest BCUT2D eigenvalue weighted by Gasteiger charge is 2.35. The van der Waals surface area contributed by atoms with Crippen LogP contribution in [0.5, 0.6) is 0 Å². The number of nitrogens with two attached hydrogens (primary N) is 1. The van der Waals surface area contributed by atoms with Crippen molar-refractivity contribution in [2.24, 2.45) is 10.7 Å². The molecule has 0 radical (unpaired) electrons. The van der Waals surface area contributed by atoms with E-state index in [0.29, 0.717) is 6.42 Å². The monoisotopic (exact) mass is 606 g/mol. The molecular weight excluding hydrogens is 564 g/mol. The molecule has 0 aliphatic carbocycles. The first-order valence-corrected chi connectivity index (χ1v) is 15.0. The van der Waals surface area contributed by atoms with Crippen molar-refractivity contribution < 1.29 is 19.1 Å². The molecule has 2 atom stereocenters. The standard InChI is InChI=1S/C37H42N4O4/c1-25(38)39-34(42)33(24-27-19-21-29-14-8-10-16-31(29)23-27)40(5)35(43)32(41(6)36(44)45-37(2,3)4)17-11-12-26-18-20-28-13-7-9-15-30(28)22-26/h7-11,13-23,32-33H,12,24H2,1-6H3,(H2,38,39,42)/b17-11+/t32?,33-/m1/s1. The third-order valence-corrected chi connectivity index (χ3v) is 7.47. The Morgan fingerprint density at radius 3 is 1.91 bits per heavy atom. The van der Waals surface area contributed by atoms with Crippen LogP contribution < -0.4 is 5.73 Å². The highest BCUT2D eigenvalue weighted by atomic mass is 16.6. The fourth-order valence-corrected chi connectivity index (χ4v) is 5.11. The van der Waals surface area contributed by atoms with Crippen LogP contribution >= 0.6 is 0 Å². The van der Waals surface area contributed by atoms with Crippen molar-refractivity contribution in [3.05, 3.63) is 108 Å². The average Bonchev–Trinajstić information content (AvgIpc) is 2.99. The number of likely N-dealkylation sites (N-methyl/N-ethyl adjacent to an activating group) is 2. The molecule has 4 aromatic rings. The summed E-state index contributed by atoms with van der Waals surface area (Å²) in [5, 5.41) is 4.35. The Kier molecular flexibility index (Phi) is 10.4. The van der Waals surface area contributed by atoms with Crippen LogP contribution in [-0.4, -0.2) is 65.3 Å². The van der Waals surface area contributed by atoms with Crippen molar-refractivity contribution in [2.45, 2.75) is 58.2 Å². The second kappa shape index (κ2) is 14.2. The molecule has 8 nitrogen and oxygen atoms in total. The Morgan fingerprint density at radius 1 is 0.822 bits per heavy atom. The number of benzene rings is 4. The van der Waals surface area contributed by atoms with Crippen LogP contribution in [0, 0.1) is 0 Å². The number of hydrogen-bond donors (Lipinski definition) is 1. The van der Waals surface area contributed by atoms with Crippen LogP contribution in [0.3, 0.4) is 0 Å². The maximum Gasteiger partial charge on any atom is 0.410 e. The van der Waals surface area contributed by atoms with Crippen LogP contribution in [0.4, 0.5) is 4.79 Å². The van der Waals surface area contributed by atoms with Gasteiger partial charge in [0.15, 0.2) is 0 Å². The van der Waals surface area contributed by atoms with Gasteiger partial charge in [0.1, 0.15) is 17.7 Å². The molecule has 0 bridgehead atoms. The lowest BCUT2D eigenvalue weighted by Crippen LogP contribution is -2.53. The topological polar surface area (TPSA) is 105 Å². The maximum atomic E-state index is 14.2. The second-order valence-electron chi connectivity index (χ2n) is 12.3. The molecule has 1 unspecified atom stereocenters. The van der Waals surface area contributed by atoms with Gasteiger partial charge in [-0.1, -0.05) is 97.1 Å². The van der Waals surface area contributed by atoms with Crippen molar-refractivity contribution in [3.63, 3.8) is 0 Å². The van der Waals surface area contributed by atoms with E-state index in [2.05, 4.69) is 29.3 Å². The Hall–Kier alpha value is -4.98. The number of fused-ring (bicyclic) bond motifs is 2. The largest absolute Gasteiger partial charge is 0.444 e. The molecule has 0 spiro atoms. The number of carbonyl (C=O) groups excluding carboxylic acids is 3. The summed E-state index contributed by atoms with van der Waals surface area (Å²) in [6.07, 6.45) is 3.65. The minimum Gasteiger partial charge on any atom is -0.444 e. The van der Waals surface area contributed by atoms with Gasteiger partial charge in [0.25, 0.3) is 5.91 Å². The number of nitrogens with zero attached hydrogens (tertiary/aromatic N) is 3. The third kappa shape index (κ3) is 8.79. The summed E-state index contributed by atoms with van der Waals surface area (Å²) in [4.78, 5) is 47.4. The molecule has 0 aromatic heterocycles.